The zero-order valence-electron chi connectivity index (χ0n) is 18.4. The SMILES string of the molecule is CC(C)Cn1c(O)c(C(=O)NC2CCC2)c(=O)n2ncc(/C=C/C(=O)N3CCOCC3)c12. The lowest BCUT2D eigenvalue weighted by Crippen LogP contribution is -2.42. The third kappa shape index (κ3) is 4.27. The molecular weight excluding hydrogens is 414 g/mol. The van der Waals surface area contributed by atoms with E-state index in [1.165, 1.54) is 16.8 Å². The van der Waals surface area contributed by atoms with Gasteiger partial charge in [0.2, 0.25) is 11.8 Å². The van der Waals surface area contributed by atoms with E-state index in [-0.39, 0.29) is 29.3 Å². The van der Waals surface area contributed by atoms with Gasteiger partial charge < -0.3 is 20.1 Å². The minimum absolute atomic E-state index is 0.0258. The summed E-state index contributed by atoms with van der Waals surface area (Å²) in [6, 6.07) is 0.0258. The molecule has 0 spiro atoms. The molecule has 4 rings (SSSR count). The average Bonchev–Trinajstić information content (AvgIpc) is 3.17. The van der Waals surface area contributed by atoms with Crippen LogP contribution in [-0.2, 0) is 16.1 Å². The van der Waals surface area contributed by atoms with Gasteiger partial charge in [-0.2, -0.15) is 9.61 Å². The smallest absolute Gasteiger partial charge is 0.291 e. The fraction of sp³-hybridized carbons (Fsp3) is 0.545. The number of morpholine rings is 1. The van der Waals surface area contributed by atoms with Crippen molar-refractivity contribution in [2.45, 2.75) is 45.7 Å². The van der Waals surface area contributed by atoms with Crippen LogP contribution in [0, 0.1) is 5.92 Å². The van der Waals surface area contributed by atoms with E-state index in [0.717, 1.165) is 23.8 Å². The Labute approximate surface area is 185 Å². The largest absolute Gasteiger partial charge is 0.494 e. The Morgan fingerprint density at radius 2 is 2.03 bits per heavy atom. The number of hydrogen-bond acceptors (Lipinski definition) is 6. The van der Waals surface area contributed by atoms with E-state index in [1.54, 1.807) is 11.0 Å². The fourth-order valence-electron chi connectivity index (χ4n) is 3.92. The first kappa shape index (κ1) is 22.1. The molecule has 2 fully saturated rings. The maximum atomic E-state index is 13.1. The normalized spacial score (nSPS) is 17.3. The van der Waals surface area contributed by atoms with E-state index in [2.05, 4.69) is 10.4 Å². The molecule has 1 saturated heterocycles. The number of nitrogens with zero attached hydrogens (tertiary/aromatic N) is 4. The summed E-state index contributed by atoms with van der Waals surface area (Å²) in [6.45, 7) is 6.36. The summed E-state index contributed by atoms with van der Waals surface area (Å²) in [5, 5.41) is 17.9. The van der Waals surface area contributed by atoms with Crippen LogP contribution < -0.4 is 10.9 Å². The fourth-order valence-corrected chi connectivity index (χ4v) is 3.92. The molecule has 2 aliphatic rings. The van der Waals surface area contributed by atoms with Crippen LogP contribution in [0.2, 0.25) is 0 Å². The van der Waals surface area contributed by atoms with Gasteiger partial charge in [0.1, 0.15) is 5.65 Å². The standard InChI is InChI=1S/C22H29N5O5/c1-14(2)13-26-20-15(6-7-17(28)25-8-10-32-11-9-25)12-23-27(20)22(31)18(21(26)30)19(29)24-16-4-3-5-16/h6-7,12,14,16,30H,3-5,8-11,13H2,1-2H3,(H,24,29)/b7-6+. The first-order chi connectivity index (χ1) is 15.4. The second kappa shape index (κ2) is 9.15. The molecule has 2 aromatic heterocycles. The van der Waals surface area contributed by atoms with E-state index in [0.29, 0.717) is 44.1 Å². The Balaban J connectivity index is 1.74. The van der Waals surface area contributed by atoms with E-state index in [9.17, 15) is 19.5 Å². The third-order valence-electron chi connectivity index (χ3n) is 5.86. The summed E-state index contributed by atoms with van der Waals surface area (Å²) < 4.78 is 7.92. The maximum Gasteiger partial charge on any atom is 0.291 e. The zero-order valence-corrected chi connectivity index (χ0v) is 18.4. The quantitative estimate of drug-likeness (QED) is 0.644. The number of fused-ring (bicyclic) bond motifs is 1. The van der Waals surface area contributed by atoms with Gasteiger partial charge in [-0.3, -0.25) is 19.0 Å². The summed E-state index contributed by atoms with van der Waals surface area (Å²) in [4.78, 5) is 40.0. The third-order valence-corrected chi connectivity index (χ3v) is 5.86. The summed E-state index contributed by atoms with van der Waals surface area (Å²) in [7, 11) is 0. The summed E-state index contributed by atoms with van der Waals surface area (Å²) in [5.41, 5.74) is -0.153. The highest BCUT2D eigenvalue weighted by atomic mass is 16.5. The van der Waals surface area contributed by atoms with Gasteiger partial charge in [0.25, 0.3) is 11.5 Å². The molecule has 1 saturated carbocycles. The number of nitrogens with one attached hydrogen (secondary N) is 1. The number of ether oxygens (including phenoxy) is 1. The minimum Gasteiger partial charge on any atom is -0.494 e. The van der Waals surface area contributed by atoms with E-state index in [4.69, 9.17) is 4.74 Å². The highest BCUT2D eigenvalue weighted by molar-refractivity contribution is 5.97. The molecule has 3 heterocycles. The molecule has 0 aromatic carbocycles. The minimum atomic E-state index is -0.687. The molecule has 0 unspecified atom stereocenters. The predicted octanol–water partition coefficient (Wildman–Crippen LogP) is 1.01. The van der Waals surface area contributed by atoms with Crippen molar-refractivity contribution in [3.63, 3.8) is 0 Å². The van der Waals surface area contributed by atoms with Crippen molar-refractivity contribution in [3.05, 3.63) is 33.8 Å². The van der Waals surface area contributed by atoms with Crippen LogP contribution in [0.15, 0.2) is 17.1 Å². The maximum absolute atomic E-state index is 13.1. The number of aromatic nitrogens is 3. The van der Waals surface area contributed by atoms with Crippen LogP contribution in [0.25, 0.3) is 11.7 Å². The van der Waals surface area contributed by atoms with Gasteiger partial charge >= 0.3 is 0 Å². The number of carbonyl (C=O) groups is 2. The monoisotopic (exact) mass is 443 g/mol. The van der Waals surface area contributed by atoms with Crippen LogP contribution in [-0.4, -0.2) is 68.3 Å². The van der Waals surface area contributed by atoms with Crippen molar-refractivity contribution in [1.82, 2.24) is 24.4 Å². The van der Waals surface area contributed by atoms with E-state index in [1.807, 2.05) is 13.8 Å². The molecule has 1 aliphatic heterocycles. The van der Waals surface area contributed by atoms with Crippen molar-refractivity contribution < 1.29 is 19.4 Å². The van der Waals surface area contributed by atoms with Gasteiger partial charge in [0, 0.05) is 37.3 Å². The Hall–Kier alpha value is -3.14. The molecule has 2 aromatic rings. The highest BCUT2D eigenvalue weighted by Gasteiger charge is 2.28. The molecule has 0 bridgehead atoms. The molecule has 2 amide bonds. The van der Waals surface area contributed by atoms with Crippen LogP contribution in [0.3, 0.4) is 0 Å². The molecule has 0 radical (unpaired) electrons. The molecule has 10 heteroatoms. The Morgan fingerprint density at radius 3 is 2.66 bits per heavy atom. The second-order valence-corrected chi connectivity index (χ2v) is 8.72. The molecule has 2 N–H and O–H groups in total. The average molecular weight is 444 g/mol. The highest BCUT2D eigenvalue weighted by Crippen LogP contribution is 2.24. The van der Waals surface area contributed by atoms with Gasteiger partial charge in [0.05, 0.1) is 19.4 Å². The predicted molar refractivity (Wildman–Crippen MR) is 117 cm³/mol. The van der Waals surface area contributed by atoms with Crippen molar-refractivity contribution in [2.24, 2.45) is 5.92 Å². The van der Waals surface area contributed by atoms with E-state index >= 15 is 0 Å². The van der Waals surface area contributed by atoms with Crippen molar-refractivity contribution in [2.75, 3.05) is 26.3 Å². The zero-order chi connectivity index (χ0) is 22.8. The first-order valence-electron chi connectivity index (χ1n) is 11.1. The molecule has 1 aliphatic carbocycles. The van der Waals surface area contributed by atoms with E-state index < -0.39 is 11.5 Å². The molecule has 32 heavy (non-hydrogen) atoms. The van der Waals surface area contributed by atoms with Gasteiger partial charge in [-0.15, -0.1) is 0 Å². The lowest BCUT2D eigenvalue weighted by Gasteiger charge is -2.26. The molecule has 0 atom stereocenters. The van der Waals surface area contributed by atoms with Gasteiger partial charge in [-0.1, -0.05) is 13.8 Å². The number of amides is 2. The van der Waals surface area contributed by atoms with Crippen LogP contribution in [0.1, 0.15) is 49.0 Å². The van der Waals surface area contributed by atoms with Crippen molar-refractivity contribution in [3.8, 4) is 5.88 Å². The lowest BCUT2D eigenvalue weighted by atomic mass is 9.93. The molecule has 172 valence electrons. The summed E-state index contributed by atoms with van der Waals surface area (Å²) in [6.07, 6.45) is 7.24. The van der Waals surface area contributed by atoms with Crippen LogP contribution >= 0.6 is 0 Å². The number of carbonyl (C=O) groups excluding carboxylic acids is 2. The van der Waals surface area contributed by atoms with Gasteiger partial charge in [0.15, 0.2) is 5.56 Å². The number of hydrogen-bond donors (Lipinski definition) is 2. The number of rotatable bonds is 6. The Bertz CT molecular complexity index is 1110. The number of aromatic hydroxyl groups is 1. The van der Waals surface area contributed by atoms with Crippen molar-refractivity contribution >= 4 is 23.5 Å². The molecule has 10 nitrogen and oxygen atoms in total. The summed E-state index contributed by atoms with van der Waals surface area (Å²) >= 11 is 0. The lowest BCUT2D eigenvalue weighted by molar-refractivity contribution is -0.129. The Kier molecular flexibility index (Phi) is 6.31. The van der Waals surface area contributed by atoms with Crippen molar-refractivity contribution in [1.29, 1.82) is 0 Å². The topological polar surface area (TPSA) is 118 Å². The Morgan fingerprint density at radius 1 is 1.31 bits per heavy atom. The van der Waals surface area contributed by atoms with Crippen LogP contribution in [0.4, 0.5) is 0 Å². The second-order valence-electron chi connectivity index (χ2n) is 8.72. The van der Waals surface area contributed by atoms with Crippen LogP contribution in [0.5, 0.6) is 5.88 Å². The molecular formula is C22H29N5O5. The summed E-state index contributed by atoms with van der Waals surface area (Å²) in [5.74, 6) is -1.02. The van der Waals surface area contributed by atoms with Gasteiger partial charge in [-0.25, -0.2) is 0 Å². The van der Waals surface area contributed by atoms with Gasteiger partial charge in [-0.05, 0) is 31.3 Å². The first-order valence-corrected chi connectivity index (χ1v) is 11.1.